The molecule has 0 spiro atoms. The number of methoxy groups -OCH3 is 1. The molecule has 0 aromatic heterocycles. The van der Waals surface area contributed by atoms with E-state index in [1.807, 2.05) is 0 Å². The van der Waals surface area contributed by atoms with Gasteiger partial charge in [-0.2, -0.15) is 0 Å². The molecule has 9 nitrogen and oxygen atoms in total. The van der Waals surface area contributed by atoms with E-state index in [0.717, 1.165) is 6.07 Å². The predicted octanol–water partition coefficient (Wildman–Crippen LogP) is 3.72. The lowest BCUT2D eigenvalue weighted by Crippen LogP contribution is -2.30. The maximum Gasteiger partial charge on any atom is 0.264 e. The molecule has 0 aliphatic rings. The number of amides is 1. The third kappa shape index (κ3) is 5.59. The first-order valence-electron chi connectivity index (χ1n) is 10.4. The number of hydrogen-bond donors (Lipinski definition) is 2. The zero-order valence-electron chi connectivity index (χ0n) is 19.1. The molecule has 35 heavy (non-hydrogen) atoms. The average molecular weight is 538 g/mol. The molecule has 0 aliphatic heterocycles. The molecule has 0 aliphatic carbocycles. The average Bonchev–Trinajstić information content (AvgIpc) is 2.85. The normalized spacial score (nSPS) is 11.7. The van der Waals surface area contributed by atoms with Crippen molar-refractivity contribution in [2.24, 2.45) is 0 Å². The number of anilines is 2. The number of sulfonamides is 2. The molecule has 3 rings (SSSR count). The molecule has 0 radical (unpaired) electrons. The molecule has 12 heteroatoms. The van der Waals surface area contributed by atoms with Gasteiger partial charge in [-0.1, -0.05) is 29.8 Å². The lowest BCUT2D eigenvalue weighted by atomic mass is 10.2. The van der Waals surface area contributed by atoms with Crippen LogP contribution in [0.5, 0.6) is 5.75 Å². The van der Waals surface area contributed by atoms with E-state index < -0.39 is 26.0 Å². The lowest BCUT2D eigenvalue weighted by molar-refractivity contribution is 0.102. The van der Waals surface area contributed by atoms with Gasteiger partial charge >= 0.3 is 0 Å². The van der Waals surface area contributed by atoms with E-state index >= 15 is 0 Å². The molecule has 0 atom stereocenters. The van der Waals surface area contributed by atoms with Gasteiger partial charge in [-0.15, -0.1) is 0 Å². The van der Waals surface area contributed by atoms with Crippen LogP contribution in [0.1, 0.15) is 17.3 Å². The van der Waals surface area contributed by atoms with Crippen molar-refractivity contribution in [3.8, 4) is 5.75 Å². The third-order valence-corrected chi connectivity index (χ3v) is 8.89. The molecule has 2 N–H and O–H groups in total. The Balaban J connectivity index is 2.00. The van der Waals surface area contributed by atoms with Crippen LogP contribution in [0.4, 0.5) is 11.4 Å². The molecule has 1 amide bonds. The quantitative estimate of drug-likeness (QED) is 0.429. The number of para-hydroxylation sites is 1. The minimum atomic E-state index is -3.97. The van der Waals surface area contributed by atoms with Gasteiger partial charge in [0.1, 0.15) is 10.6 Å². The molecule has 186 valence electrons. The summed E-state index contributed by atoms with van der Waals surface area (Å²) in [5, 5.41) is 2.54. The van der Waals surface area contributed by atoms with Crippen LogP contribution in [-0.4, -0.2) is 43.4 Å². The van der Waals surface area contributed by atoms with Crippen molar-refractivity contribution in [3.05, 3.63) is 77.3 Å². The van der Waals surface area contributed by atoms with Crippen LogP contribution < -0.4 is 19.1 Å². The Morgan fingerprint density at radius 1 is 1.00 bits per heavy atom. The molecule has 3 aromatic rings. The topological polar surface area (TPSA) is 122 Å². The van der Waals surface area contributed by atoms with Crippen molar-refractivity contribution in [2.75, 3.05) is 30.3 Å². The summed E-state index contributed by atoms with van der Waals surface area (Å²) in [6.45, 7) is 1.90. The maximum atomic E-state index is 13.4. The third-order valence-electron chi connectivity index (χ3n) is 5.09. The summed E-state index contributed by atoms with van der Waals surface area (Å²) in [6, 6.07) is 16.5. The summed E-state index contributed by atoms with van der Waals surface area (Å²) in [7, 11) is -5.27. The SMILES string of the molecule is CCN(c1ccccc1)S(=O)(=O)c1ccc(OC)c(NC(=O)c2ccc(Cl)c(S(=O)(=O)NC)c2)c1. The molecule has 0 fully saturated rings. The molecule has 0 saturated carbocycles. The minimum Gasteiger partial charge on any atom is -0.495 e. The minimum absolute atomic E-state index is 0.00184. The van der Waals surface area contributed by atoms with E-state index in [4.69, 9.17) is 16.3 Å². The van der Waals surface area contributed by atoms with Crippen LogP contribution in [0.2, 0.25) is 5.02 Å². The Kier molecular flexibility index (Phi) is 8.06. The second kappa shape index (κ2) is 10.6. The smallest absolute Gasteiger partial charge is 0.264 e. The van der Waals surface area contributed by atoms with Crippen LogP contribution in [0.3, 0.4) is 0 Å². The summed E-state index contributed by atoms with van der Waals surface area (Å²) in [5.41, 5.74) is 0.588. The Bertz CT molecular complexity index is 1450. The number of hydrogen-bond acceptors (Lipinski definition) is 6. The zero-order valence-corrected chi connectivity index (χ0v) is 21.5. The summed E-state index contributed by atoms with van der Waals surface area (Å²) < 4.78 is 59.8. The van der Waals surface area contributed by atoms with Gasteiger partial charge in [-0.3, -0.25) is 9.10 Å². The molecular weight excluding hydrogens is 514 g/mol. The molecular formula is C23H24ClN3O6S2. The number of nitrogens with one attached hydrogen (secondary N) is 2. The van der Waals surface area contributed by atoms with Gasteiger partial charge in [0.25, 0.3) is 15.9 Å². The van der Waals surface area contributed by atoms with Gasteiger partial charge in [-0.05, 0) is 62.5 Å². The van der Waals surface area contributed by atoms with E-state index in [2.05, 4.69) is 10.0 Å². The van der Waals surface area contributed by atoms with Crippen LogP contribution >= 0.6 is 11.6 Å². The summed E-state index contributed by atoms with van der Waals surface area (Å²) in [4.78, 5) is 12.6. The van der Waals surface area contributed by atoms with Gasteiger partial charge < -0.3 is 10.1 Å². The molecule has 0 heterocycles. The fourth-order valence-electron chi connectivity index (χ4n) is 3.31. The second-order valence-corrected chi connectivity index (χ2v) is 11.3. The van der Waals surface area contributed by atoms with Gasteiger partial charge in [-0.25, -0.2) is 21.6 Å². The van der Waals surface area contributed by atoms with E-state index in [0.29, 0.717) is 5.69 Å². The van der Waals surface area contributed by atoms with E-state index in [9.17, 15) is 21.6 Å². The fourth-order valence-corrected chi connectivity index (χ4v) is 6.06. The summed E-state index contributed by atoms with van der Waals surface area (Å²) >= 11 is 5.99. The highest BCUT2D eigenvalue weighted by molar-refractivity contribution is 7.92. The first-order valence-corrected chi connectivity index (χ1v) is 13.7. The standard InChI is InChI=1S/C23H24ClN3O6S2/c1-4-27(17-8-6-5-7-9-17)35(31,32)18-11-13-21(33-3)20(15-18)26-23(28)16-10-12-19(24)22(14-16)34(29,30)25-2/h5-15,25H,4H2,1-3H3,(H,26,28). The largest absolute Gasteiger partial charge is 0.495 e. The highest BCUT2D eigenvalue weighted by Gasteiger charge is 2.25. The number of benzene rings is 3. The molecule has 0 bridgehead atoms. The number of rotatable bonds is 9. The number of carbonyl (C=O) groups excluding carboxylic acids is 1. The van der Waals surface area contributed by atoms with E-state index in [1.54, 1.807) is 37.3 Å². The number of halogens is 1. The Morgan fingerprint density at radius 2 is 1.69 bits per heavy atom. The summed E-state index contributed by atoms with van der Waals surface area (Å²) in [6.07, 6.45) is 0. The first kappa shape index (κ1) is 26.5. The second-order valence-electron chi connectivity index (χ2n) is 7.17. The van der Waals surface area contributed by atoms with Crippen LogP contribution in [0.15, 0.2) is 76.5 Å². The van der Waals surface area contributed by atoms with Crippen molar-refractivity contribution in [1.82, 2.24) is 4.72 Å². The van der Waals surface area contributed by atoms with Gasteiger partial charge in [0.15, 0.2) is 0 Å². The van der Waals surface area contributed by atoms with Gasteiger partial charge in [0.2, 0.25) is 10.0 Å². The van der Waals surface area contributed by atoms with Crippen LogP contribution in [0, 0.1) is 0 Å². The zero-order chi connectivity index (χ0) is 25.8. The molecule has 0 unspecified atom stereocenters. The number of ether oxygens (including phenoxy) is 1. The van der Waals surface area contributed by atoms with Gasteiger partial charge in [0.05, 0.1) is 28.4 Å². The Morgan fingerprint density at radius 3 is 2.29 bits per heavy atom. The van der Waals surface area contributed by atoms with Crippen molar-refractivity contribution in [2.45, 2.75) is 16.7 Å². The first-order chi connectivity index (χ1) is 16.5. The Labute approximate surface area is 209 Å². The van der Waals surface area contributed by atoms with E-state index in [1.165, 1.54) is 48.8 Å². The highest BCUT2D eigenvalue weighted by Crippen LogP contribution is 2.31. The van der Waals surface area contributed by atoms with Crippen molar-refractivity contribution in [3.63, 3.8) is 0 Å². The molecule has 3 aromatic carbocycles. The number of carbonyl (C=O) groups is 1. The maximum absolute atomic E-state index is 13.4. The monoisotopic (exact) mass is 537 g/mol. The number of nitrogens with zero attached hydrogens (tertiary/aromatic N) is 1. The Hall–Kier alpha value is -3.12. The fraction of sp³-hybridized carbons (Fsp3) is 0.174. The van der Waals surface area contributed by atoms with Crippen LogP contribution in [0.25, 0.3) is 0 Å². The summed E-state index contributed by atoms with van der Waals surface area (Å²) in [5.74, 6) is -0.463. The molecule has 0 saturated heterocycles. The predicted molar refractivity (Wildman–Crippen MR) is 135 cm³/mol. The van der Waals surface area contributed by atoms with Crippen LogP contribution in [-0.2, 0) is 20.0 Å². The van der Waals surface area contributed by atoms with Crippen molar-refractivity contribution < 1.29 is 26.4 Å². The van der Waals surface area contributed by atoms with E-state index in [-0.39, 0.29) is 38.4 Å². The van der Waals surface area contributed by atoms with Crippen molar-refractivity contribution in [1.29, 1.82) is 0 Å². The lowest BCUT2D eigenvalue weighted by Gasteiger charge is -2.23. The van der Waals surface area contributed by atoms with Gasteiger partial charge in [0, 0.05) is 12.1 Å². The highest BCUT2D eigenvalue weighted by atomic mass is 35.5. The van der Waals surface area contributed by atoms with Crippen molar-refractivity contribution >= 4 is 48.9 Å².